The van der Waals surface area contributed by atoms with E-state index >= 15 is 0 Å². The standard InChI is InChI=1S/C12H14S2Se/c1-3-7-11-9(5-1)13-14-10-6-2-4-8-12(10)15-11/h1,3,5,7,10,12H,2,4,6,8H2. The Morgan fingerprint density at radius 1 is 1.13 bits per heavy atom. The van der Waals surface area contributed by atoms with Crippen molar-refractivity contribution in [2.24, 2.45) is 0 Å². The van der Waals surface area contributed by atoms with Crippen LogP contribution in [0.2, 0.25) is 4.82 Å². The van der Waals surface area contributed by atoms with Crippen LogP contribution in [0, 0.1) is 0 Å². The van der Waals surface area contributed by atoms with Crippen molar-refractivity contribution in [2.45, 2.75) is 40.6 Å². The third-order valence-corrected chi connectivity index (χ3v) is 9.82. The summed E-state index contributed by atoms with van der Waals surface area (Å²) in [5, 5.41) is 0.941. The van der Waals surface area contributed by atoms with Gasteiger partial charge in [-0.2, -0.15) is 0 Å². The molecule has 15 heavy (non-hydrogen) atoms. The Bertz CT molecular complexity index is 353. The first-order valence-corrected chi connectivity index (χ1v) is 9.58. The first kappa shape index (κ1) is 10.6. The van der Waals surface area contributed by atoms with E-state index in [0.717, 1.165) is 25.0 Å². The van der Waals surface area contributed by atoms with Gasteiger partial charge in [0.2, 0.25) is 0 Å². The molecular weight excluding hydrogens is 287 g/mol. The summed E-state index contributed by atoms with van der Waals surface area (Å²) in [5.41, 5.74) is 0. The van der Waals surface area contributed by atoms with Gasteiger partial charge in [0, 0.05) is 0 Å². The van der Waals surface area contributed by atoms with E-state index in [0.29, 0.717) is 0 Å². The molecule has 1 heterocycles. The van der Waals surface area contributed by atoms with Crippen molar-refractivity contribution in [3.05, 3.63) is 24.3 Å². The van der Waals surface area contributed by atoms with E-state index in [-0.39, 0.29) is 0 Å². The van der Waals surface area contributed by atoms with E-state index in [4.69, 9.17) is 0 Å². The van der Waals surface area contributed by atoms with Crippen molar-refractivity contribution in [3.63, 3.8) is 0 Å². The predicted molar refractivity (Wildman–Crippen MR) is 71.3 cm³/mol. The van der Waals surface area contributed by atoms with Crippen molar-refractivity contribution in [3.8, 4) is 0 Å². The first-order valence-electron chi connectivity index (χ1n) is 5.52. The van der Waals surface area contributed by atoms with Crippen LogP contribution < -0.4 is 4.46 Å². The summed E-state index contributed by atoms with van der Waals surface area (Å²) >= 11 is 0.720. The third-order valence-electron chi connectivity index (χ3n) is 3.03. The second-order valence-electron chi connectivity index (χ2n) is 4.11. The van der Waals surface area contributed by atoms with Gasteiger partial charge in [-0.05, 0) is 0 Å². The van der Waals surface area contributed by atoms with Crippen LogP contribution in [0.1, 0.15) is 25.7 Å². The van der Waals surface area contributed by atoms with Crippen molar-refractivity contribution in [1.82, 2.24) is 0 Å². The van der Waals surface area contributed by atoms with E-state index in [1.807, 2.05) is 10.8 Å². The second-order valence-corrected chi connectivity index (χ2v) is 9.27. The molecule has 3 heteroatoms. The molecule has 1 aromatic rings. The number of fused-ring (bicyclic) bond motifs is 2. The maximum atomic E-state index is 2.35. The molecule has 1 saturated carbocycles. The van der Waals surface area contributed by atoms with Crippen LogP contribution in [0.3, 0.4) is 0 Å². The van der Waals surface area contributed by atoms with Gasteiger partial charge in [0.15, 0.2) is 0 Å². The van der Waals surface area contributed by atoms with Crippen LogP contribution in [-0.4, -0.2) is 20.2 Å². The molecule has 0 amide bonds. The summed E-state index contributed by atoms with van der Waals surface area (Å²) in [6.45, 7) is 0. The van der Waals surface area contributed by atoms with E-state index in [1.54, 1.807) is 4.46 Å². The van der Waals surface area contributed by atoms with Gasteiger partial charge in [0.05, 0.1) is 0 Å². The van der Waals surface area contributed by atoms with Gasteiger partial charge in [-0.1, -0.05) is 0 Å². The molecule has 0 spiro atoms. The van der Waals surface area contributed by atoms with Gasteiger partial charge >= 0.3 is 106 Å². The minimum absolute atomic E-state index is 0.720. The molecule has 0 radical (unpaired) electrons. The summed E-state index contributed by atoms with van der Waals surface area (Å²) in [7, 11) is 4.17. The SMILES string of the molecule is c1ccc2c(c1)SSC1CCCCC1[Se]2. The summed E-state index contributed by atoms with van der Waals surface area (Å²) < 4.78 is 1.65. The molecule has 1 fully saturated rings. The summed E-state index contributed by atoms with van der Waals surface area (Å²) in [6.07, 6.45) is 5.86. The summed E-state index contributed by atoms with van der Waals surface area (Å²) in [4.78, 5) is 2.55. The van der Waals surface area contributed by atoms with Gasteiger partial charge < -0.3 is 0 Å². The van der Waals surface area contributed by atoms with E-state index in [9.17, 15) is 0 Å². The Labute approximate surface area is 106 Å². The topological polar surface area (TPSA) is 0 Å². The normalized spacial score (nSPS) is 30.1. The predicted octanol–water partition coefficient (Wildman–Crippen LogP) is 3.50. The Balaban J connectivity index is 1.88. The zero-order chi connectivity index (χ0) is 10.1. The van der Waals surface area contributed by atoms with Gasteiger partial charge in [-0.3, -0.25) is 0 Å². The molecule has 80 valence electrons. The Morgan fingerprint density at radius 3 is 3.00 bits per heavy atom. The zero-order valence-corrected chi connectivity index (χ0v) is 11.9. The maximum absolute atomic E-state index is 2.35. The van der Waals surface area contributed by atoms with Crippen molar-refractivity contribution >= 4 is 41.0 Å². The van der Waals surface area contributed by atoms with Gasteiger partial charge in [-0.15, -0.1) is 0 Å². The average molecular weight is 301 g/mol. The van der Waals surface area contributed by atoms with E-state index < -0.39 is 0 Å². The molecule has 3 rings (SSSR count). The van der Waals surface area contributed by atoms with Crippen molar-refractivity contribution in [1.29, 1.82) is 0 Å². The molecule has 2 unspecified atom stereocenters. The van der Waals surface area contributed by atoms with Crippen LogP contribution >= 0.6 is 21.6 Å². The number of hydrogen-bond donors (Lipinski definition) is 0. The molecule has 0 bridgehead atoms. The van der Waals surface area contributed by atoms with Crippen molar-refractivity contribution < 1.29 is 0 Å². The molecule has 1 aliphatic carbocycles. The Morgan fingerprint density at radius 2 is 2.00 bits per heavy atom. The third kappa shape index (κ3) is 2.26. The number of benzene rings is 1. The number of rotatable bonds is 0. The molecule has 2 atom stereocenters. The van der Waals surface area contributed by atoms with Crippen LogP contribution in [0.15, 0.2) is 29.2 Å². The number of hydrogen-bond acceptors (Lipinski definition) is 2. The fourth-order valence-corrected chi connectivity index (χ4v) is 9.63. The van der Waals surface area contributed by atoms with Crippen molar-refractivity contribution in [2.75, 3.05) is 0 Å². The molecule has 0 saturated heterocycles. The zero-order valence-electron chi connectivity index (χ0n) is 8.52. The second kappa shape index (κ2) is 4.75. The van der Waals surface area contributed by atoms with Gasteiger partial charge in [-0.25, -0.2) is 0 Å². The van der Waals surface area contributed by atoms with E-state index in [2.05, 4.69) is 35.1 Å². The minimum atomic E-state index is 0.720. The quantitative estimate of drug-likeness (QED) is 0.531. The van der Waals surface area contributed by atoms with E-state index in [1.165, 1.54) is 30.6 Å². The molecule has 0 aromatic heterocycles. The monoisotopic (exact) mass is 302 g/mol. The molecule has 0 N–H and O–H groups in total. The summed E-state index contributed by atoms with van der Waals surface area (Å²) in [6, 6.07) is 9.03. The Kier molecular flexibility index (Phi) is 3.35. The van der Waals surface area contributed by atoms with Crippen LogP contribution in [0.25, 0.3) is 0 Å². The fourth-order valence-electron chi connectivity index (χ4n) is 2.20. The van der Waals surface area contributed by atoms with Gasteiger partial charge in [0.1, 0.15) is 0 Å². The first-order chi connectivity index (χ1) is 7.43. The van der Waals surface area contributed by atoms with Crippen LogP contribution in [0.5, 0.6) is 0 Å². The molecule has 1 aliphatic heterocycles. The summed E-state index contributed by atoms with van der Waals surface area (Å²) in [5.74, 6) is 0. The molecule has 1 aromatic carbocycles. The fraction of sp³-hybridized carbons (Fsp3) is 0.500. The average Bonchev–Trinajstić information content (AvgIpc) is 2.48. The van der Waals surface area contributed by atoms with Crippen LogP contribution in [0.4, 0.5) is 0 Å². The van der Waals surface area contributed by atoms with Gasteiger partial charge in [0.25, 0.3) is 0 Å². The molecule has 0 nitrogen and oxygen atoms in total. The Hall–Kier alpha value is 0.439. The molecular formula is C12H14S2Se. The van der Waals surface area contributed by atoms with Crippen LogP contribution in [-0.2, 0) is 0 Å². The molecule has 2 aliphatic rings.